The summed E-state index contributed by atoms with van der Waals surface area (Å²) in [5.41, 5.74) is 0. The van der Waals surface area contributed by atoms with Crippen LogP contribution < -0.4 is 4.74 Å². The van der Waals surface area contributed by atoms with Crippen LogP contribution in [0.4, 0.5) is 0 Å². The monoisotopic (exact) mass is 318 g/mol. The van der Waals surface area contributed by atoms with E-state index in [1.807, 2.05) is 6.92 Å². The summed E-state index contributed by atoms with van der Waals surface area (Å²) in [4.78, 5) is 1.27. The van der Waals surface area contributed by atoms with Gasteiger partial charge in [0.1, 0.15) is 5.75 Å². The van der Waals surface area contributed by atoms with E-state index in [9.17, 15) is 0 Å². The number of thiophene rings is 1. The summed E-state index contributed by atoms with van der Waals surface area (Å²) in [6.07, 6.45) is 0. The Morgan fingerprint density at radius 1 is 1.43 bits per heavy atom. The summed E-state index contributed by atoms with van der Waals surface area (Å²) >= 11 is 4.14. The predicted molar refractivity (Wildman–Crippen MR) is 70.4 cm³/mol. The summed E-state index contributed by atoms with van der Waals surface area (Å²) in [5, 5.41) is 1.25. The molecule has 0 fully saturated rings. The van der Waals surface area contributed by atoms with Gasteiger partial charge in [0.2, 0.25) is 0 Å². The van der Waals surface area contributed by atoms with E-state index in [0.717, 1.165) is 12.4 Å². The molecule has 0 N–H and O–H groups in total. The van der Waals surface area contributed by atoms with Crippen molar-refractivity contribution in [3.05, 3.63) is 26.6 Å². The van der Waals surface area contributed by atoms with Crippen molar-refractivity contribution in [2.24, 2.45) is 0 Å². The summed E-state index contributed by atoms with van der Waals surface area (Å²) in [6.45, 7) is 4.87. The number of benzene rings is 1. The van der Waals surface area contributed by atoms with Gasteiger partial charge in [0.25, 0.3) is 0 Å². The van der Waals surface area contributed by atoms with Gasteiger partial charge in [-0.3, -0.25) is 0 Å². The largest absolute Gasteiger partial charge is 0.492 e. The molecule has 1 aromatic heterocycles. The lowest BCUT2D eigenvalue weighted by Gasteiger charge is -2.01. The van der Waals surface area contributed by atoms with E-state index in [0.29, 0.717) is 0 Å². The first-order chi connectivity index (χ1) is 6.72. The third kappa shape index (κ3) is 1.75. The zero-order chi connectivity index (χ0) is 10.1. The Labute approximate surface area is 101 Å². The van der Waals surface area contributed by atoms with Crippen molar-refractivity contribution in [3.8, 4) is 5.75 Å². The van der Waals surface area contributed by atoms with Gasteiger partial charge in [-0.05, 0) is 54.6 Å². The van der Waals surface area contributed by atoms with Gasteiger partial charge < -0.3 is 4.74 Å². The zero-order valence-electron chi connectivity index (χ0n) is 8.13. The Bertz CT molecular complexity index is 462. The summed E-state index contributed by atoms with van der Waals surface area (Å²) in [7, 11) is 0. The molecule has 0 amide bonds. The molecule has 1 heterocycles. The van der Waals surface area contributed by atoms with E-state index >= 15 is 0 Å². The maximum absolute atomic E-state index is 5.64. The minimum atomic E-state index is 0.735. The zero-order valence-corrected chi connectivity index (χ0v) is 11.1. The van der Waals surface area contributed by atoms with Crippen LogP contribution in [0.25, 0.3) is 10.1 Å². The SMILES string of the molecule is CCOc1c(C)sc2cc(I)ccc12. The fourth-order valence-electron chi connectivity index (χ4n) is 1.49. The van der Waals surface area contributed by atoms with Gasteiger partial charge in [0, 0.05) is 18.5 Å². The molecule has 0 spiro atoms. The van der Waals surface area contributed by atoms with Crippen LogP contribution in [0.15, 0.2) is 18.2 Å². The van der Waals surface area contributed by atoms with Gasteiger partial charge in [-0.1, -0.05) is 0 Å². The Morgan fingerprint density at radius 2 is 2.21 bits per heavy atom. The van der Waals surface area contributed by atoms with Crippen molar-refractivity contribution < 1.29 is 4.74 Å². The third-order valence-corrected chi connectivity index (χ3v) is 3.78. The fourth-order valence-corrected chi connectivity index (χ4v) is 3.24. The molecule has 0 bridgehead atoms. The number of fused-ring (bicyclic) bond motifs is 1. The van der Waals surface area contributed by atoms with E-state index in [1.54, 1.807) is 11.3 Å². The second kappa shape index (κ2) is 4.06. The maximum atomic E-state index is 5.64. The van der Waals surface area contributed by atoms with Gasteiger partial charge in [0.15, 0.2) is 0 Å². The number of aryl methyl sites for hydroxylation is 1. The standard InChI is InChI=1S/C11H11IOS/c1-3-13-11-7(2)14-10-6-8(12)4-5-9(10)11/h4-6H,3H2,1-2H3. The number of halogens is 1. The first kappa shape index (κ1) is 10.2. The minimum Gasteiger partial charge on any atom is -0.492 e. The topological polar surface area (TPSA) is 9.23 Å². The van der Waals surface area contributed by atoms with E-state index in [1.165, 1.54) is 18.5 Å². The molecule has 1 nitrogen and oxygen atoms in total. The quantitative estimate of drug-likeness (QED) is 0.754. The molecule has 0 unspecified atom stereocenters. The lowest BCUT2D eigenvalue weighted by molar-refractivity contribution is 0.343. The van der Waals surface area contributed by atoms with E-state index < -0.39 is 0 Å². The van der Waals surface area contributed by atoms with Gasteiger partial charge >= 0.3 is 0 Å². The molecule has 1 aromatic carbocycles. The summed E-state index contributed by atoms with van der Waals surface area (Å²) < 4.78 is 8.23. The van der Waals surface area contributed by atoms with Crippen LogP contribution >= 0.6 is 33.9 Å². The number of ether oxygens (including phenoxy) is 1. The van der Waals surface area contributed by atoms with Crippen molar-refractivity contribution in [1.82, 2.24) is 0 Å². The van der Waals surface area contributed by atoms with Crippen LogP contribution in [0, 0.1) is 10.5 Å². The molecule has 14 heavy (non-hydrogen) atoms. The third-order valence-electron chi connectivity index (χ3n) is 2.06. The van der Waals surface area contributed by atoms with Crippen molar-refractivity contribution in [1.29, 1.82) is 0 Å². The van der Waals surface area contributed by atoms with Crippen LogP contribution in [-0.4, -0.2) is 6.61 Å². The van der Waals surface area contributed by atoms with Gasteiger partial charge in [-0.15, -0.1) is 11.3 Å². The number of rotatable bonds is 2. The molecule has 2 aromatic rings. The molecule has 74 valence electrons. The average molecular weight is 318 g/mol. The Morgan fingerprint density at radius 3 is 2.93 bits per heavy atom. The second-order valence-corrected chi connectivity index (χ2v) is 5.56. The maximum Gasteiger partial charge on any atom is 0.140 e. The highest BCUT2D eigenvalue weighted by Crippen LogP contribution is 2.37. The first-order valence-corrected chi connectivity index (χ1v) is 6.43. The highest BCUT2D eigenvalue weighted by atomic mass is 127. The van der Waals surface area contributed by atoms with Gasteiger partial charge in [-0.2, -0.15) is 0 Å². The molecule has 0 aliphatic rings. The number of hydrogen-bond acceptors (Lipinski definition) is 2. The van der Waals surface area contributed by atoms with Crippen molar-refractivity contribution >= 4 is 44.0 Å². The first-order valence-electron chi connectivity index (χ1n) is 4.54. The smallest absolute Gasteiger partial charge is 0.140 e. The molecule has 3 heteroatoms. The van der Waals surface area contributed by atoms with Gasteiger partial charge in [-0.25, -0.2) is 0 Å². The van der Waals surface area contributed by atoms with Crippen LogP contribution in [0.5, 0.6) is 5.75 Å². The van der Waals surface area contributed by atoms with Crippen molar-refractivity contribution in [2.75, 3.05) is 6.61 Å². The van der Waals surface area contributed by atoms with Crippen LogP contribution in [0.3, 0.4) is 0 Å². The lowest BCUT2D eigenvalue weighted by Crippen LogP contribution is -1.91. The van der Waals surface area contributed by atoms with E-state index in [2.05, 4.69) is 47.7 Å². The highest BCUT2D eigenvalue weighted by molar-refractivity contribution is 14.1. The molecule has 0 saturated carbocycles. The van der Waals surface area contributed by atoms with Crippen LogP contribution in [0.1, 0.15) is 11.8 Å². The molecule has 0 aliphatic carbocycles. The van der Waals surface area contributed by atoms with Crippen LogP contribution in [0.2, 0.25) is 0 Å². The van der Waals surface area contributed by atoms with E-state index in [-0.39, 0.29) is 0 Å². The normalized spacial score (nSPS) is 10.8. The molecule has 0 atom stereocenters. The minimum absolute atomic E-state index is 0.735. The Hall–Kier alpha value is -0.290. The lowest BCUT2D eigenvalue weighted by atomic mass is 10.2. The van der Waals surface area contributed by atoms with Crippen molar-refractivity contribution in [3.63, 3.8) is 0 Å². The molecule has 0 radical (unpaired) electrons. The molecule has 0 aliphatic heterocycles. The molecular weight excluding hydrogens is 307 g/mol. The van der Waals surface area contributed by atoms with Crippen molar-refractivity contribution in [2.45, 2.75) is 13.8 Å². The summed E-state index contributed by atoms with van der Waals surface area (Å²) in [6, 6.07) is 6.47. The second-order valence-electron chi connectivity index (χ2n) is 3.06. The number of hydrogen-bond donors (Lipinski definition) is 0. The molecule has 2 rings (SSSR count). The fraction of sp³-hybridized carbons (Fsp3) is 0.273. The van der Waals surface area contributed by atoms with E-state index in [4.69, 9.17) is 4.74 Å². The average Bonchev–Trinajstić information content (AvgIpc) is 2.43. The summed E-state index contributed by atoms with van der Waals surface area (Å²) in [5.74, 6) is 1.06. The van der Waals surface area contributed by atoms with Gasteiger partial charge in [0.05, 0.1) is 6.61 Å². The Kier molecular flexibility index (Phi) is 2.97. The Balaban J connectivity index is 2.64. The predicted octanol–water partition coefficient (Wildman–Crippen LogP) is 4.21. The molecule has 0 saturated heterocycles. The highest BCUT2D eigenvalue weighted by Gasteiger charge is 2.09. The molecular formula is C11H11IOS. The van der Waals surface area contributed by atoms with Crippen LogP contribution in [-0.2, 0) is 0 Å².